The van der Waals surface area contributed by atoms with Gasteiger partial charge in [0, 0.05) is 11.8 Å². The number of benzene rings is 1. The first kappa shape index (κ1) is 13.3. The molecule has 0 fully saturated rings. The number of nitrogens with two attached hydrogens (primary N) is 1. The van der Waals surface area contributed by atoms with Crippen LogP contribution in [0.4, 0.5) is 5.82 Å². The first-order chi connectivity index (χ1) is 9.40. The molecule has 0 spiro atoms. The third-order valence-electron chi connectivity index (χ3n) is 2.53. The molecule has 0 radical (unpaired) electrons. The van der Waals surface area contributed by atoms with Gasteiger partial charge in [-0.15, -0.1) is 0 Å². The topological polar surface area (TPSA) is 69.4 Å². The lowest BCUT2D eigenvalue weighted by Gasteiger charge is -2.09. The molecule has 1 aromatic heterocycles. The monoisotopic (exact) mass is 259 g/mol. The highest BCUT2D eigenvalue weighted by Crippen LogP contribution is 2.11. The molecule has 0 saturated heterocycles. The maximum atomic E-state index is 5.52. The molecule has 0 saturated carbocycles. The van der Waals surface area contributed by atoms with Crippen LogP contribution in [0, 0.1) is 0 Å². The standard InChI is InChI=1S/C14H17N3O2/c15-17-14-12(5-4-8-16-14)11-18-9-10-19-13-6-2-1-3-7-13/h1-8H,9-11,15H2,(H,16,17). The summed E-state index contributed by atoms with van der Waals surface area (Å²) in [4.78, 5) is 4.10. The Balaban J connectivity index is 1.69. The Bertz CT molecular complexity index is 491. The third kappa shape index (κ3) is 4.24. The molecular formula is C14H17N3O2. The number of nitrogens with one attached hydrogen (secondary N) is 1. The summed E-state index contributed by atoms with van der Waals surface area (Å²) >= 11 is 0. The summed E-state index contributed by atoms with van der Waals surface area (Å²) in [6.07, 6.45) is 1.68. The molecule has 5 nitrogen and oxygen atoms in total. The number of para-hydroxylation sites is 1. The fourth-order valence-corrected chi connectivity index (χ4v) is 1.60. The van der Waals surface area contributed by atoms with Crippen LogP contribution in [-0.4, -0.2) is 18.2 Å². The molecule has 0 aliphatic rings. The zero-order valence-corrected chi connectivity index (χ0v) is 10.6. The first-order valence-electron chi connectivity index (χ1n) is 6.06. The normalized spacial score (nSPS) is 10.2. The van der Waals surface area contributed by atoms with Crippen molar-refractivity contribution in [3.63, 3.8) is 0 Å². The second-order valence-electron chi connectivity index (χ2n) is 3.87. The number of hydrogen-bond acceptors (Lipinski definition) is 5. The van der Waals surface area contributed by atoms with Crippen LogP contribution in [0.15, 0.2) is 48.7 Å². The van der Waals surface area contributed by atoms with Crippen molar-refractivity contribution in [1.29, 1.82) is 0 Å². The lowest BCUT2D eigenvalue weighted by Crippen LogP contribution is -2.12. The van der Waals surface area contributed by atoms with E-state index in [1.54, 1.807) is 6.20 Å². The summed E-state index contributed by atoms with van der Waals surface area (Å²) in [5.74, 6) is 6.84. The fraction of sp³-hybridized carbons (Fsp3) is 0.214. The van der Waals surface area contributed by atoms with E-state index in [0.717, 1.165) is 11.3 Å². The van der Waals surface area contributed by atoms with Gasteiger partial charge in [-0.1, -0.05) is 24.3 Å². The van der Waals surface area contributed by atoms with Crippen molar-refractivity contribution >= 4 is 5.82 Å². The van der Waals surface area contributed by atoms with E-state index in [-0.39, 0.29) is 0 Å². The maximum absolute atomic E-state index is 5.52. The van der Waals surface area contributed by atoms with Gasteiger partial charge in [-0.3, -0.25) is 0 Å². The molecule has 2 aromatic rings. The van der Waals surface area contributed by atoms with Crippen LogP contribution in [-0.2, 0) is 11.3 Å². The fourth-order valence-electron chi connectivity index (χ4n) is 1.60. The number of ether oxygens (including phenoxy) is 2. The Kier molecular flexibility index (Phi) is 5.16. The van der Waals surface area contributed by atoms with Gasteiger partial charge in [-0.2, -0.15) is 0 Å². The molecule has 1 heterocycles. The van der Waals surface area contributed by atoms with Crippen LogP contribution in [0.5, 0.6) is 5.75 Å². The number of anilines is 1. The second-order valence-corrected chi connectivity index (χ2v) is 3.87. The molecule has 2 rings (SSSR count). The van der Waals surface area contributed by atoms with Crippen LogP contribution in [0.2, 0.25) is 0 Å². The summed E-state index contributed by atoms with van der Waals surface area (Å²) in [7, 11) is 0. The Hall–Kier alpha value is -2.11. The van der Waals surface area contributed by atoms with E-state index in [1.807, 2.05) is 42.5 Å². The molecule has 0 aliphatic heterocycles. The van der Waals surface area contributed by atoms with Crippen LogP contribution in [0.1, 0.15) is 5.56 Å². The molecule has 3 N–H and O–H groups in total. The molecule has 19 heavy (non-hydrogen) atoms. The SMILES string of the molecule is NNc1ncccc1COCCOc1ccccc1. The Morgan fingerprint density at radius 2 is 1.89 bits per heavy atom. The van der Waals surface area contributed by atoms with Gasteiger partial charge in [0.15, 0.2) is 0 Å². The zero-order valence-electron chi connectivity index (χ0n) is 10.6. The predicted molar refractivity (Wildman–Crippen MR) is 73.6 cm³/mol. The number of hydrazine groups is 1. The van der Waals surface area contributed by atoms with Gasteiger partial charge in [0.2, 0.25) is 0 Å². The summed E-state index contributed by atoms with van der Waals surface area (Å²) in [6, 6.07) is 13.4. The second kappa shape index (κ2) is 7.35. The van der Waals surface area contributed by atoms with Gasteiger partial charge in [-0.05, 0) is 18.2 Å². The number of aromatic nitrogens is 1. The molecule has 0 atom stereocenters. The van der Waals surface area contributed by atoms with Gasteiger partial charge in [0.25, 0.3) is 0 Å². The minimum atomic E-state index is 0.450. The summed E-state index contributed by atoms with van der Waals surface area (Å²) in [5, 5.41) is 0. The molecule has 0 aliphatic carbocycles. The maximum Gasteiger partial charge on any atom is 0.145 e. The highest BCUT2D eigenvalue weighted by molar-refractivity contribution is 5.41. The largest absolute Gasteiger partial charge is 0.491 e. The highest BCUT2D eigenvalue weighted by atomic mass is 16.5. The van der Waals surface area contributed by atoms with E-state index in [4.69, 9.17) is 15.3 Å². The van der Waals surface area contributed by atoms with E-state index in [0.29, 0.717) is 25.6 Å². The molecule has 0 amide bonds. The van der Waals surface area contributed by atoms with Crippen LogP contribution in [0.3, 0.4) is 0 Å². The predicted octanol–water partition coefficient (Wildman–Crippen LogP) is 1.96. The summed E-state index contributed by atoms with van der Waals surface area (Å²) in [6.45, 7) is 1.47. The lowest BCUT2D eigenvalue weighted by molar-refractivity contribution is 0.0891. The number of hydrogen-bond donors (Lipinski definition) is 2. The van der Waals surface area contributed by atoms with E-state index in [2.05, 4.69) is 10.4 Å². The molecule has 5 heteroatoms. The first-order valence-corrected chi connectivity index (χ1v) is 6.06. The summed E-state index contributed by atoms with van der Waals surface area (Å²) < 4.78 is 11.0. The smallest absolute Gasteiger partial charge is 0.145 e. The van der Waals surface area contributed by atoms with Gasteiger partial charge in [0.05, 0.1) is 13.2 Å². The molecule has 0 bridgehead atoms. The molecule has 1 aromatic carbocycles. The summed E-state index contributed by atoms with van der Waals surface area (Å²) in [5.41, 5.74) is 3.46. The van der Waals surface area contributed by atoms with E-state index in [1.165, 1.54) is 0 Å². The minimum absolute atomic E-state index is 0.450. The zero-order chi connectivity index (χ0) is 13.3. The van der Waals surface area contributed by atoms with Crippen molar-refractivity contribution in [3.8, 4) is 5.75 Å². The van der Waals surface area contributed by atoms with Crippen LogP contribution >= 0.6 is 0 Å². The number of pyridine rings is 1. The number of nitrogen functional groups attached to an aromatic ring is 1. The minimum Gasteiger partial charge on any atom is -0.491 e. The van der Waals surface area contributed by atoms with Crippen molar-refractivity contribution in [2.45, 2.75) is 6.61 Å². The van der Waals surface area contributed by atoms with Gasteiger partial charge >= 0.3 is 0 Å². The van der Waals surface area contributed by atoms with Gasteiger partial charge in [0.1, 0.15) is 18.2 Å². The highest BCUT2D eigenvalue weighted by Gasteiger charge is 2.01. The van der Waals surface area contributed by atoms with Crippen LogP contribution in [0.25, 0.3) is 0 Å². The van der Waals surface area contributed by atoms with E-state index < -0.39 is 0 Å². The quantitative estimate of drug-likeness (QED) is 0.452. The van der Waals surface area contributed by atoms with Crippen LogP contribution < -0.4 is 16.0 Å². The number of rotatable bonds is 7. The average molecular weight is 259 g/mol. The van der Waals surface area contributed by atoms with Gasteiger partial charge < -0.3 is 14.9 Å². The lowest BCUT2D eigenvalue weighted by atomic mass is 10.3. The van der Waals surface area contributed by atoms with Crippen molar-refractivity contribution in [2.75, 3.05) is 18.6 Å². The van der Waals surface area contributed by atoms with Crippen molar-refractivity contribution < 1.29 is 9.47 Å². The molecule has 100 valence electrons. The third-order valence-corrected chi connectivity index (χ3v) is 2.53. The van der Waals surface area contributed by atoms with E-state index in [9.17, 15) is 0 Å². The van der Waals surface area contributed by atoms with Crippen molar-refractivity contribution in [3.05, 3.63) is 54.2 Å². The van der Waals surface area contributed by atoms with Gasteiger partial charge in [-0.25, -0.2) is 10.8 Å². The Morgan fingerprint density at radius 3 is 2.68 bits per heavy atom. The van der Waals surface area contributed by atoms with E-state index >= 15 is 0 Å². The Morgan fingerprint density at radius 1 is 1.05 bits per heavy atom. The van der Waals surface area contributed by atoms with Crippen molar-refractivity contribution in [1.82, 2.24) is 4.98 Å². The average Bonchev–Trinajstić information content (AvgIpc) is 2.48. The number of nitrogens with zero attached hydrogens (tertiary/aromatic N) is 1. The molecular weight excluding hydrogens is 242 g/mol. The molecule has 0 unspecified atom stereocenters. The Labute approximate surface area is 112 Å². The van der Waals surface area contributed by atoms with Crippen molar-refractivity contribution in [2.24, 2.45) is 5.84 Å².